The molecule has 2 heteroatoms. The molecule has 0 radical (unpaired) electrons. The lowest BCUT2D eigenvalue weighted by Crippen LogP contribution is -2.33. The molecular formula is C52H44N2. The molecule has 2 nitrogen and oxygen atoms in total. The van der Waals surface area contributed by atoms with E-state index in [1.165, 1.54) is 88.6 Å². The van der Waals surface area contributed by atoms with Gasteiger partial charge in [-0.1, -0.05) is 137 Å². The third-order valence-corrected chi connectivity index (χ3v) is 13.3. The Hall–Kier alpha value is -5.86. The molecule has 1 aliphatic heterocycles. The number of nitrogens with zero attached hydrogens (tertiary/aromatic N) is 2. The second kappa shape index (κ2) is 11.3. The van der Waals surface area contributed by atoms with Crippen molar-refractivity contribution in [1.82, 2.24) is 4.57 Å². The second-order valence-electron chi connectivity index (χ2n) is 16.8. The molecule has 0 fully saturated rings. The van der Waals surface area contributed by atoms with Crippen LogP contribution in [0.25, 0.3) is 55.0 Å². The van der Waals surface area contributed by atoms with E-state index in [0.29, 0.717) is 0 Å². The van der Waals surface area contributed by atoms with Crippen molar-refractivity contribution in [3.05, 3.63) is 180 Å². The third-order valence-electron chi connectivity index (χ3n) is 13.3. The van der Waals surface area contributed by atoms with Gasteiger partial charge in [0.15, 0.2) is 0 Å². The Morgan fingerprint density at radius 3 is 2.26 bits per heavy atom. The van der Waals surface area contributed by atoms with Crippen LogP contribution in [0, 0.1) is 0 Å². The van der Waals surface area contributed by atoms with Crippen molar-refractivity contribution in [2.75, 3.05) is 4.90 Å². The highest BCUT2D eigenvalue weighted by Crippen LogP contribution is 2.53. The SMILES string of the molecule is CC1(C)C2=C(C=CC(N(c3ccccc3)c3cccc4ccccc34)C2)c2ccc(-c3ccc4c(c3)c3cccc5c3n4C3=C(CCC=C3)C5(C)C)cc21. The molecule has 262 valence electrons. The Balaban J connectivity index is 0.985. The molecular weight excluding hydrogens is 653 g/mol. The van der Waals surface area contributed by atoms with E-state index < -0.39 is 0 Å². The minimum absolute atomic E-state index is 0.0188. The van der Waals surface area contributed by atoms with Crippen LogP contribution in [0.1, 0.15) is 63.6 Å². The molecule has 0 bridgehead atoms. The minimum Gasteiger partial charge on any atom is -0.334 e. The van der Waals surface area contributed by atoms with E-state index in [1.54, 1.807) is 5.57 Å². The first kappa shape index (κ1) is 31.6. The summed E-state index contributed by atoms with van der Waals surface area (Å²) in [6.45, 7) is 9.72. The number of para-hydroxylation sites is 2. The lowest BCUT2D eigenvalue weighted by molar-refractivity contribution is 0.585. The Morgan fingerprint density at radius 2 is 1.37 bits per heavy atom. The van der Waals surface area contributed by atoms with Gasteiger partial charge >= 0.3 is 0 Å². The Kier molecular flexibility index (Phi) is 6.64. The molecule has 0 N–H and O–H groups in total. The molecule has 54 heavy (non-hydrogen) atoms. The molecule has 6 aromatic carbocycles. The molecule has 1 aromatic heterocycles. The molecule has 0 saturated carbocycles. The summed E-state index contributed by atoms with van der Waals surface area (Å²) in [7, 11) is 0. The van der Waals surface area contributed by atoms with Crippen molar-refractivity contribution in [3.8, 4) is 11.1 Å². The molecule has 0 spiro atoms. The summed E-state index contributed by atoms with van der Waals surface area (Å²) in [6.07, 6.45) is 12.8. The van der Waals surface area contributed by atoms with Crippen molar-refractivity contribution in [1.29, 1.82) is 0 Å². The van der Waals surface area contributed by atoms with Crippen LogP contribution >= 0.6 is 0 Å². The second-order valence-corrected chi connectivity index (χ2v) is 16.8. The number of anilines is 2. The van der Waals surface area contributed by atoms with Crippen LogP contribution in [-0.2, 0) is 10.8 Å². The summed E-state index contributed by atoms with van der Waals surface area (Å²) in [6, 6.07) is 48.0. The smallest absolute Gasteiger partial charge is 0.0581 e. The Labute approximate surface area is 318 Å². The largest absolute Gasteiger partial charge is 0.334 e. The van der Waals surface area contributed by atoms with Gasteiger partial charge in [0.05, 0.1) is 17.1 Å². The van der Waals surface area contributed by atoms with Crippen molar-refractivity contribution in [2.45, 2.75) is 63.8 Å². The van der Waals surface area contributed by atoms with Gasteiger partial charge in [-0.05, 0) is 112 Å². The van der Waals surface area contributed by atoms with Crippen LogP contribution < -0.4 is 4.90 Å². The number of hydrogen-bond donors (Lipinski definition) is 0. The van der Waals surface area contributed by atoms with Gasteiger partial charge < -0.3 is 9.47 Å². The van der Waals surface area contributed by atoms with Crippen LogP contribution in [-0.4, -0.2) is 10.6 Å². The number of hydrogen-bond acceptors (Lipinski definition) is 1. The zero-order valence-electron chi connectivity index (χ0n) is 31.5. The Morgan fingerprint density at radius 1 is 0.630 bits per heavy atom. The molecule has 0 amide bonds. The van der Waals surface area contributed by atoms with Crippen molar-refractivity contribution < 1.29 is 0 Å². The molecule has 2 heterocycles. The van der Waals surface area contributed by atoms with Gasteiger partial charge in [0.1, 0.15) is 0 Å². The maximum absolute atomic E-state index is 2.56. The molecule has 1 atom stereocenters. The number of allylic oxidation sites excluding steroid dienone is 6. The molecule has 11 rings (SSSR count). The average molecular weight is 697 g/mol. The molecule has 1 unspecified atom stereocenters. The molecule has 3 aliphatic carbocycles. The molecule has 0 saturated heterocycles. The normalized spacial score (nSPS) is 19.1. The standard InChI is InChI=1S/C52H44N2/c1-51(2)43-20-10-11-22-49(43)54-48-29-25-34(30-42(48)41-19-13-21-44(51)50(41)54)35-24-27-39-40-28-26-37(32-46(40)52(3,4)45(39)31-35)53(36-16-6-5-7-17-36)47-23-12-15-33-14-8-9-18-38(33)47/h5-9,11-19,21-31,37H,10,20,32H2,1-4H3. The van der Waals surface area contributed by atoms with Crippen LogP contribution in [0.4, 0.5) is 11.4 Å². The summed E-state index contributed by atoms with van der Waals surface area (Å²) < 4.78 is 2.56. The van der Waals surface area contributed by atoms with E-state index in [1.807, 2.05) is 0 Å². The summed E-state index contributed by atoms with van der Waals surface area (Å²) >= 11 is 0. The highest BCUT2D eigenvalue weighted by atomic mass is 15.2. The monoisotopic (exact) mass is 696 g/mol. The van der Waals surface area contributed by atoms with E-state index in [-0.39, 0.29) is 16.9 Å². The summed E-state index contributed by atoms with van der Waals surface area (Å²) in [5.41, 5.74) is 17.8. The topological polar surface area (TPSA) is 8.17 Å². The average Bonchev–Trinajstić information content (AvgIpc) is 3.65. The number of aromatic nitrogens is 1. The van der Waals surface area contributed by atoms with Crippen LogP contribution in [0.5, 0.6) is 0 Å². The first-order chi connectivity index (χ1) is 26.3. The lowest BCUT2D eigenvalue weighted by Gasteiger charge is -2.37. The van der Waals surface area contributed by atoms with Gasteiger partial charge in [0.2, 0.25) is 0 Å². The number of fused-ring (bicyclic) bond motifs is 7. The maximum Gasteiger partial charge on any atom is 0.0581 e. The third kappa shape index (κ3) is 4.34. The Bertz CT molecular complexity index is 2850. The fraction of sp³-hybridized carbons (Fsp3) is 0.192. The van der Waals surface area contributed by atoms with Crippen molar-refractivity contribution in [2.24, 2.45) is 0 Å². The number of rotatable bonds is 4. The van der Waals surface area contributed by atoms with Crippen molar-refractivity contribution in [3.63, 3.8) is 0 Å². The highest BCUT2D eigenvalue weighted by molar-refractivity contribution is 6.14. The first-order valence-corrected chi connectivity index (χ1v) is 19.7. The maximum atomic E-state index is 2.56. The quantitative estimate of drug-likeness (QED) is 0.178. The first-order valence-electron chi connectivity index (χ1n) is 19.7. The predicted octanol–water partition coefficient (Wildman–Crippen LogP) is 13.7. The zero-order chi connectivity index (χ0) is 36.3. The van der Waals surface area contributed by atoms with Gasteiger partial charge in [-0.15, -0.1) is 0 Å². The predicted molar refractivity (Wildman–Crippen MR) is 230 cm³/mol. The van der Waals surface area contributed by atoms with Crippen LogP contribution in [0.15, 0.2) is 163 Å². The van der Waals surface area contributed by atoms with E-state index in [2.05, 4.69) is 189 Å². The summed E-state index contributed by atoms with van der Waals surface area (Å²) in [5, 5.41) is 5.24. The fourth-order valence-corrected chi connectivity index (χ4v) is 10.5. The molecule has 7 aromatic rings. The van der Waals surface area contributed by atoms with Gasteiger partial charge in [-0.2, -0.15) is 0 Å². The summed E-state index contributed by atoms with van der Waals surface area (Å²) in [5.74, 6) is 0. The lowest BCUT2D eigenvalue weighted by atomic mass is 9.71. The van der Waals surface area contributed by atoms with Gasteiger partial charge in [-0.3, -0.25) is 0 Å². The number of benzene rings is 6. The summed E-state index contributed by atoms with van der Waals surface area (Å²) in [4.78, 5) is 2.56. The fourth-order valence-electron chi connectivity index (χ4n) is 10.5. The van der Waals surface area contributed by atoms with Crippen molar-refractivity contribution >= 4 is 55.2 Å². The van der Waals surface area contributed by atoms with E-state index >= 15 is 0 Å². The van der Waals surface area contributed by atoms with Crippen LogP contribution in [0.2, 0.25) is 0 Å². The van der Waals surface area contributed by atoms with E-state index in [9.17, 15) is 0 Å². The van der Waals surface area contributed by atoms with Gasteiger partial charge in [0.25, 0.3) is 0 Å². The van der Waals surface area contributed by atoms with E-state index in [4.69, 9.17) is 0 Å². The van der Waals surface area contributed by atoms with Gasteiger partial charge in [-0.25, -0.2) is 0 Å². The van der Waals surface area contributed by atoms with Crippen LogP contribution in [0.3, 0.4) is 0 Å². The van der Waals surface area contributed by atoms with E-state index in [0.717, 1.165) is 19.3 Å². The minimum atomic E-state index is -0.0969. The highest BCUT2D eigenvalue weighted by Gasteiger charge is 2.41. The zero-order valence-corrected chi connectivity index (χ0v) is 31.5. The molecule has 4 aliphatic rings. The van der Waals surface area contributed by atoms with Gasteiger partial charge in [0, 0.05) is 44.1 Å².